The number of rotatable bonds is 3. The maximum atomic E-state index is 12.2. The molecular weight excluding hydrogens is 394 g/mol. The molecule has 0 aliphatic carbocycles. The van der Waals surface area contributed by atoms with Crippen molar-refractivity contribution in [1.29, 1.82) is 0 Å². The molecule has 1 aliphatic heterocycles. The van der Waals surface area contributed by atoms with Crippen molar-refractivity contribution < 1.29 is 4.79 Å². The highest BCUT2D eigenvalue weighted by molar-refractivity contribution is 8.14. The first kappa shape index (κ1) is 20.5. The van der Waals surface area contributed by atoms with E-state index in [0.717, 1.165) is 48.9 Å². The zero-order chi connectivity index (χ0) is 18.8. The molecule has 1 fully saturated rings. The van der Waals surface area contributed by atoms with Gasteiger partial charge in [-0.15, -0.1) is 17.5 Å². The molecule has 0 spiro atoms. The van der Waals surface area contributed by atoms with Gasteiger partial charge in [-0.3, -0.25) is 4.79 Å². The van der Waals surface area contributed by atoms with E-state index < -0.39 is 0 Å². The summed E-state index contributed by atoms with van der Waals surface area (Å²) in [7, 11) is 0. The van der Waals surface area contributed by atoms with Gasteiger partial charge in [-0.2, -0.15) is 0 Å². The Labute approximate surface area is 175 Å². The number of halogens is 1. The van der Waals surface area contributed by atoms with Crippen LogP contribution in [-0.2, 0) is 0 Å². The lowest BCUT2D eigenvalue weighted by molar-refractivity contribution is 0.219. The standard InChI is InChI=1S/C20H23N5OS.ClH/c1-15(2)27-20(26)24-12-10-23(11-13-24)19-9-8-18-21-14-17(25(18)22-19)16-6-4-3-5-7-16;/h3-9,14-15H,10-13H2,1-2H3;1H. The summed E-state index contributed by atoms with van der Waals surface area (Å²) in [5, 5.41) is 5.32. The molecule has 0 radical (unpaired) electrons. The van der Waals surface area contributed by atoms with Crippen LogP contribution in [0.3, 0.4) is 0 Å². The fourth-order valence-corrected chi connectivity index (χ4v) is 3.97. The van der Waals surface area contributed by atoms with Gasteiger partial charge in [0, 0.05) is 37.0 Å². The molecule has 6 nitrogen and oxygen atoms in total. The molecule has 148 valence electrons. The Bertz CT molecular complexity index is 938. The molecular formula is C20H24ClN5OS. The molecule has 0 N–H and O–H groups in total. The minimum atomic E-state index is 0. The molecule has 1 amide bonds. The van der Waals surface area contributed by atoms with Crippen LogP contribution >= 0.6 is 24.2 Å². The van der Waals surface area contributed by atoms with E-state index in [1.54, 1.807) is 0 Å². The number of nitrogens with zero attached hydrogens (tertiary/aromatic N) is 5. The Balaban J connectivity index is 0.00000225. The zero-order valence-corrected chi connectivity index (χ0v) is 17.6. The number of imidazole rings is 1. The van der Waals surface area contributed by atoms with Gasteiger partial charge in [-0.1, -0.05) is 55.9 Å². The van der Waals surface area contributed by atoms with E-state index in [4.69, 9.17) is 5.10 Å². The Hall–Kier alpha value is -2.25. The van der Waals surface area contributed by atoms with Crippen molar-refractivity contribution >= 4 is 40.9 Å². The lowest BCUT2D eigenvalue weighted by Crippen LogP contribution is -2.48. The predicted octanol–water partition coefficient (Wildman–Crippen LogP) is 4.20. The van der Waals surface area contributed by atoms with E-state index >= 15 is 0 Å². The number of hydrogen-bond donors (Lipinski definition) is 0. The maximum absolute atomic E-state index is 12.2. The van der Waals surface area contributed by atoms with Gasteiger partial charge in [-0.05, 0) is 12.1 Å². The van der Waals surface area contributed by atoms with E-state index in [1.165, 1.54) is 11.8 Å². The summed E-state index contributed by atoms with van der Waals surface area (Å²) in [6.07, 6.45) is 1.86. The highest BCUT2D eigenvalue weighted by Crippen LogP contribution is 2.23. The van der Waals surface area contributed by atoms with E-state index in [1.807, 2.05) is 59.8 Å². The van der Waals surface area contributed by atoms with Gasteiger partial charge >= 0.3 is 0 Å². The molecule has 1 saturated heterocycles. The number of hydrogen-bond acceptors (Lipinski definition) is 5. The number of anilines is 1. The van der Waals surface area contributed by atoms with Crippen molar-refractivity contribution in [1.82, 2.24) is 19.5 Å². The lowest BCUT2D eigenvalue weighted by Gasteiger charge is -2.35. The van der Waals surface area contributed by atoms with Crippen LogP contribution in [0.4, 0.5) is 10.6 Å². The van der Waals surface area contributed by atoms with Crippen LogP contribution in [0.2, 0.25) is 0 Å². The number of piperazine rings is 1. The summed E-state index contributed by atoms with van der Waals surface area (Å²) in [5.74, 6) is 0.918. The van der Waals surface area contributed by atoms with Gasteiger partial charge in [0.15, 0.2) is 5.65 Å². The smallest absolute Gasteiger partial charge is 0.282 e. The molecule has 0 bridgehead atoms. The van der Waals surface area contributed by atoms with E-state index in [-0.39, 0.29) is 17.6 Å². The number of benzene rings is 1. The third kappa shape index (κ3) is 4.25. The van der Waals surface area contributed by atoms with Crippen LogP contribution in [0.25, 0.3) is 16.9 Å². The number of fused-ring (bicyclic) bond motifs is 1. The van der Waals surface area contributed by atoms with Crippen molar-refractivity contribution in [2.24, 2.45) is 0 Å². The molecule has 28 heavy (non-hydrogen) atoms. The summed E-state index contributed by atoms with van der Waals surface area (Å²) in [6.45, 7) is 7.14. The van der Waals surface area contributed by atoms with Gasteiger partial charge in [0.2, 0.25) is 0 Å². The summed E-state index contributed by atoms with van der Waals surface area (Å²) >= 11 is 1.40. The molecule has 8 heteroatoms. The minimum absolute atomic E-state index is 0. The second-order valence-corrected chi connectivity index (χ2v) is 8.41. The second-order valence-electron chi connectivity index (χ2n) is 6.88. The minimum Gasteiger partial charge on any atom is -0.352 e. The predicted molar refractivity (Wildman–Crippen MR) is 118 cm³/mol. The monoisotopic (exact) mass is 417 g/mol. The third-order valence-corrected chi connectivity index (χ3v) is 5.55. The number of carbonyl (C=O) groups is 1. The topological polar surface area (TPSA) is 53.7 Å². The van der Waals surface area contributed by atoms with E-state index in [9.17, 15) is 4.79 Å². The molecule has 0 unspecified atom stereocenters. The van der Waals surface area contributed by atoms with Crippen molar-refractivity contribution in [2.45, 2.75) is 19.1 Å². The Morgan fingerprint density at radius 1 is 1.04 bits per heavy atom. The summed E-state index contributed by atoms with van der Waals surface area (Å²) < 4.78 is 1.90. The molecule has 3 aromatic rings. The van der Waals surface area contributed by atoms with Crippen molar-refractivity contribution in [3.63, 3.8) is 0 Å². The maximum Gasteiger partial charge on any atom is 0.282 e. The molecule has 4 rings (SSSR count). The number of carbonyl (C=O) groups excluding carboxylic acids is 1. The largest absolute Gasteiger partial charge is 0.352 e. The van der Waals surface area contributed by atoms with E-state index in [2.05, 4.69) is 22.0 Å². The molecule has 3 heterocycles. The summed E-state index contributed by atoms with van der Waals surface area (Å²) in [4.78, 5) is 20.9. The average molecular weight is 418 g/mol. The number of thioether (sulfide) groups is 1. The van der Waals surface area contributed by atoms with E-state index in [0.29, 0.717) is 5.25 Å². The molecule has 0 saturated carbocycles. The number of amides is 1. The van der Waals surface area contributed by atoms with Crippen molar-refractivity contribution in [3.05, 3.63) is 48.7 Å². The molecule has 2 aromatic heterocycles. The highest BCUT2D eigenvalue weighted by Gasteiger charge is 2.23. The fraction of sp³-hybridized carbons (Fsp3) is 0.350. The first-order chi connectivity index (χ1) is 13.1. The Morgan fingerprint density at radius 3 is 2.43 bits per heavy atom. The molecule has 0 atom stereocenters. The van der Waals surface area contributed by atoms with Crippen molar-refractivity contribution in [3.8, 4) is 11.3 Å². The fourth-order valence-electron chi connectivity index (χ4n) is 3.23. The molecule has 1 aliphatic rings. The van der Waals surface area contributed by atoms with Crippen LogP contribution in [0.5, 0.6) is 0 Å². The van der Waals surface area contributed by atoms with Crippen LogP contribution < -0.4 is 4.90 Å². The average Bonchev–Trinajstić information content (AvgIpc) is 3.11. The first-order valence-corrected chi connectivity index (χ1v) is 10.1. The third-order valence-electron chi connectivity index (χ3n) is 4.62. The second kappa shape index (κ2) is 8.84. The Kier molecular flexibility index (Phi) is 6.46. The van der Waals surface area contributed by atoms with Crippen LogP contribution in [0.1, 0.15) is 13.8 Å². The van der Waals surface area contributed by atoms with Gasteiger partial charge in [-0.25, -0.2) is 9.50 Å². The van der Waals surface area contributed by atoms with Crippen LogP contribution in [0.15, 0.2) is 48.7 Å². The number of aromatic nitrogens is 3. The highest BCUT2D eigenvalue weighted by atomic mass is 35.5. The SMILES string of the molecule is CC(C)SC(=O)N1CCN(c2ccc3ncc(-c4ccccc4)n3n2)CC1.Cl. The Morgan fingerprint density at radius 2 is 1.75 bits per heavy atom. The zero-order valence-electron chi connectivity index (χ0n) is 16.0. The molecule has 1 aromatic carbocycles. The lowest BCUT2D eigenvalue weighted by atomic mass is 10.2. The van der Waals surface area contributed by atoms with Crippen molar-refractivity contribution in [2.75, 3.05) is 31.1 Å². The summed E-state index contributed by atoms with van der Waals surface area (Å²) in [5.41, 5.74) is 2.91. The quantitative estimate of drug-likeness (QED) is 0.639. The van der Waals surface area contributed by atoms with Gasteiger partial charge in [0.25, 0.3) is 5.24 Å². The van der Waals surface area contributed by atoms with Gasteiger partial charge < -0.3 is 9.80 Å². The first-order valence-electron chi connectivity index (χ1n) is 9.22. The normalized spacial score (nSPS) is 14.4. The van der Waals surface area contributed by atoms with Gasteiger partial charge in [0.1, 0.15) is 5.82 Å². The summed E-state index contributed by atoms with van der Waals surface area (Å²) in [6, 6.07) is 14.2. The van der Waals surface area contributed by atoms with Crippen LogP contribution in [-0.4, -0.2) is 56.2 Å². The van der Waals surface area contributed by atoms with Crippen LogP contribution in [0, 0.1) is 0 Å². The van der Waals surface area contributed by atoms with Gasteiger partial charge in [0.05, 0.1) is 11.9 Å².